The van der Waals surface area contributed by atoms with Crippen LogP contribution >= 0.6 is 0 Å². The first-order valence-corrected chi connectivity index (χ1v) is 6.34. The molecule has 1 atom stereocenters. The van der Waals surface area contributed by atoms with E-state index >= 15 is 0 Å². The normalized spacial score (nSPS) is 19.2. The number of hydrogen-bond donors (Lipinski definition) is 0. The Morgan fingerprint density at radius 1 is 1.53 bits per heavy atom. The van der Waals surface area contributed by atoms with Crippen LogP contribution in [0.15, 0.2) is 24.3 Å². The summed E-state index contributed by atoms with van der Waals surface area (Å²) >= 11 is 0. The van der Waals surface area contributed by atoms with E-state index in [-0.39, 0.29) is 17.3 Å². The molecule has 0 amide bonds. The van der Waals surface area contributed by atoms with Gasteiger partial charge in [-0.1, -0.05) is 37.6 Å². The molecule has 2 nitrogen and oxygen atoms in total. The van der Waals surface area contributed by atoms with Crippen molar-refractivity contribution < 1.29 is 9.53 Å². The van der Waals surface area contributed by atoms with Gasteiger partial charge >= 0.3 is 5.97 Å². The van der Waals surface area contributed by atoms with Crippen molar-refractivity contribution in [1.29, 1.82) is 0 Å². The van der Waals surface area contributed by atoms with Gasteiger partial charge in [-0.3, -0.25) is 4.79 Å². The molecule has 0 aliphatic heterocycles. The van der Waals surface area contributed by atoms with Crippen LogP contribution in [0.3, 0.4) is 0 Å². The molecule has 2 rings (SSSR count). The number of ether oxygens (including phenoxy) is 1. The lowest BCUT2D eigenvalue weighted by molar-refractivity contribution is -0.151. The smallest absolute Gasteiger partial charge is 0.309 e. The molecular weight excluding hydrogens is 212 g/mol. The van der Waals surface area contributed by atoms with Crippen LogP contribution < -0.4 is 0 Å². The Balaban J connectivity index is 2.23. The van der Waals surface area contributed by atoms with Crippen molar-refractivity contribution in [3.63, 3.8) is 0 Å². The van der Waals surface area contributed by atoms with Gasteiger partial charge in [0, 0.05) is 5.41 Å². The molecule has 17 heavy (non-hydrogen) atoms. The van der Waals surface area contributed by atoms with Crippen molar-refractivity contribution in [2.45, 2.75) is 38.5 Å². The fraction of sp³-hybridized carbons (Fsp3) is 0.533. The van der Waals surface area contributed by atoms with E-state index in [1.807, 2.05) is 32.0 Å². The van der Waals surface area contributed by atoms with Gasteiger partial charge in [0.25, 0.3) is 0 Å². The summed E-state index contributed by atoms with van der Waals surface area (Å²) in [5.74, 6) is -0.153. The Hall–Kier alpha value is -1.31. The lowest BCUT2D eigenvalue weighted by Crippen LogP contribution is -2.44. The number of esters is 1. The fourth-order valence-electron chi connectivity index (χ4n) is 2.69. The van der Waals surface area contributed by atoms with E-state index in [1.54, 1.807) is 0 Å². The van der Waals surface area contributed by atoms with Gasteiger partial charge in [0.2, 0.25) is 0 Å². The molecule has 1 aromatic carbocycles. The molecule has 1 radical (unpaired) electrons. The van der Waals surface area contributed by atoms with Crippen LogP contribution in [0.1, 0.15) is 38.7 Å². The van der Waals surface area contributed by atoms with Crippen LogP contribution in [0, 0.1) is 12.0 Å². The van der Waals surface area contributed by atoms with Gasteiger partial charge in [0.15, 0.2) is 0 Å². The summed E-state index contributed by atoms with van der Waals surface area (Å²) in [4.78, 5) is 11.9. The predicted octanol–water partition coefficient (Wildman–Crippen LogP) is 3.11. The molecule has 0 heterocycles. The van der Waals surface area contributed by atoms with Gasteiger partial charge < -0.3 is 4.74 Å². The van der Waals surface area contributed by atoms with Crippen molar-refractivity contribution in [1.82, 2.24) is 0 Å². The molecule has 0 spiro atoms. The SMILES string of the molecule is CCOC(=O)C(C)C1(c2[c]cccc2)CCC1. The Bertz CT molecular complexity index is 379. The Morgan fingerprint density at radius 3 is 2.76 bits per heavy atom. The Morgan fingerprint density at radius 2 is 2.29 bits per heavy atom. The first kappa shape index (κ1) is 12.2. The molecule has 1 aliphatic rings. The number of rotatable bonds is 4. The lowest BCUT2D eigenvalue weighted by Gasteiger charge is -2.45. The highest BCUT2D eigenvalue weighted by atomic mass is 16.5. The second-order valence-corrected chi connectivity index (χ2v) is 4.76. The largest absolute Gasteiger partial charge is 0.466 e. The summed E-state index contributed by atoms with van der Waals surface area (Å²) in [6, 6.07) is 11.3. The van der Waals surface area contributed by atoms with E-state index in [4.69, 9.17) is 4.74 Å². The molecule has 0 saturated heterocycles. The summed E-state index contributed by atoms with van der Waals surface area (Å²) < 4.78 is 5.15. The van der Waals surface area contributed by atoms with Gasteiger partial charge in [0.05, 0.1) is 12.5 Å². The number of carbonyl (C=O) groups excluding carboxylic acids is 1. The molecule has 0 aromatic heterocycles. The van der Waals surface area contributed by atoms with Gasteiger partial charge in [-0.2, -0.15) is 0 Å². The molecule has 1 fully saturated rings. The second kappa shape index (κ2) is 4.91. The number of benzene rings is 1. The second-order valence-electron chi connectivity index (χ2n) is 4.76. The van der Waals surface area contributed by atoms with Crippen LogP contribution in [0.25, 0.3) is 0 Å². The van der Waals surface area contributed by atoms with E-state index < -0.39 is 0 Å². The maximum Gasteiger partial charge on any atom is 0.309 e. The van der Waals surface area contributed by atoms with Gasteiger partial charge in [0.1, 0.15) is 0 Å². The highest BCUT2D eigenvalue weighted by Gasteiger charge is 2.46. The molecule has 0 N–H and O–H groups in total. The van der Waals surface area contributed by atoms with Crippen molar-refractivity contribution in [2.24, 2.45) is 5.92 Å². The van der Waals surface area contributed by atoms with Crippen LogP contribution in [0.2, 0.25) is 0 Å². The average molecular weight is 231 g/mol. The molecule has 91 valence electrons. The standard InChI is InChI=1S/C15H19O2/c1-3-17-14(16)12(2)15(10-7-11-15)13-8-5-4-6-9-13/h4-6,8,12H,3,7,10-11H2,1-2H3. The third kappa shape index (κ3) is 2.08. The minimum atomic E-state index is -0.0792. The quantitative estimate of drug-likeness (QED) is 0.744. The number of hydrogen-bond acceptors (Lipinski definition) is 2. The van der Waals surface area contributed by atoms with Crippen LogP contribution in [0.5, 0.6) is 0 Å². The van der Waals surface area contributed by atoms with Crippen LogP contribution in [-0.4, -0.2) is 12.6 Å². The van der Waals surface area contributed by atoms with Crippen LogP contribution in [0.4, 0.5) is 0 Å². The van der Waals surface area contributed by atoms with Crippen LogP contribution in [-0.2, 0) is 14.9 Å². The molecule has 1 saturated carbocycles. The third-order valence-electron chi connectivity index (χ3n) is 3.96. The average Bonchev–Trinajstić information content (AvgIpc) is 2.29. The van der Waals surface area contributed by atoms with E-state index in [2.05, 4.69) is 12.1 Å². The van der Waals surface area contributed by atoms with Gasteiger partial charge in [-0.15, -0.1) is 0 Å². The van der Waals surface area contributed by atoms with E-state index in [0.29, 0.717) is 6.61 Å². The maximum absolute atomic E-state index is 11.9. The molecular formula is C15H19O2. The zero-order chi connectivity index (χ0) is 12.3. The summed E-state index contributed by atoms with van der Waals surface area (Å²) in [7, 11) is 0. The summed E-state index contributed by atoms with van der Waals surface area (Å²) in [6.45, 7) is 4.29. The van der Waals surface area contributed by atoms with Crippen molar-refractivity contribution in [2.75, 3.05) is 6.61 Å². The molecule has 1 aromatic rings. The van der Waals surface area contributed by atoms with E-state index in [9.17, 15) is 4.79 Å². The van der Waals surface area contributed by atoms with Crippen molar-refractivity contribution in [3.8, 4) is 0 Å². The summed E-state index contributed by atoms with van der Waals surface area (Å²) in [5, 5.41) is 0. The van der Waals surface area contributed by atoms with E-state index in [1.165, 1.54) is 6.42 Å². The highest BCUT2D eigenvalue weighted by Crippen LogP contribution is 2.49. The van der Waals surface area contributed by atoms with Crippen molar-refractivity contribution in [3.05, 3.63) is 35.9 Å². The summed E-state index contributed by atoms with van der Waals surface area (Å²) in [6.07, 6.45) is 3.31. The minimum absolute atomic E-state index is 0.0342. The molecule has 1 aliphatic carbocycles. The number of carbonyl (C=O) groups is 1. The molecule has 2 heteroatoms. The Labute approximate surface area is 103 Å². The van der Waals surface area contributed by atoms with E-state index in [0.717, 1.165) is 18.4 Å². The minimum Gasteiger partial charge on any atom is -0.466 e. The highest BCUT2D eigenvalue weighted by molar-refractivity contribution is 5.74. The van der Waals surface area contributed by atoms with Gasteiger partial charge in [-0.05, 0) is 31.4 Å². The molecule has 0 bridgehead atoms. The van der Waals surface area contributed by atoms with Gasteiger partial charge in [-0.25, -0.2) is 0 Å². The topological polar surface area (TPSA) is 26.3 Å². The zero-order valence-electron chi connectivity index (χ0n) is 10.5. The summed E-state index contributed by atoms with van der Waals surface area (Å²) in [5.41, 5.74) is 1.12. The fourth-order valence-corrected chi connectivity index (χ4v) is 2.69. The third-order valence-corrected chi connectivity index (χ3v) is 3.96. The monoisotopic (exact) mass is 231 g/mol. The predicted molar refractivity (Wildman–Crippen MR) is 66.6 cm³/mol. The first-order valence-electron chi connectivity index (χ1n) is 6.34. The first-order chi connectivity index (χ1) is 8.20. The molecule has 1 unspecified atom stereocenters. The van der Waals surface area contributed by atoms with Crippen molar-refractivity contribution >= 4 is 5.97 Å². The zero-order valence-corrected chi connectivity index (χ0v) is 10.5. The Kier molecular flexibility index (Phi) is 3.51. The lowest BCUT2D eigenvalue weighted by atomic mass is 9.58. The maximum atomic E-state index is 11.9.